The van der Waals surface area contributed by atoms with Gasteiger partial charge in [-0.05, 0) is 13.3 Å². The third-order valence-corrected chi connectivity index (χ3v) is 1.67. The van der Waals surface area contributed by atoms with Gasteiger partial charge < -0.3 is 4.74 Å². The van der Waals surface area contributed by atoms with E-state index in [2.05, 4.69) is 28.6 Å². The molecule has 80 valence electrons. The van der Waals surface area contributed by atoms with E-state index in [4.69, 9.17) is 0 Å². The largest absolute Gasteiger partial charge is 0.456 e. The molecule has 15 heavy (non-hydrogen) atoms. The van der Waals surface area contributed by atoms with Crippen LogP contribution in [0.15, 0.2) is 12.4 Å². The molecular weight excluding hydrogens is 192 g/mol. The van der Waals surface area contributed by atoms with Crippen molar-refractivity contribution in [2.24, 2.45) is 0 Å². The van der Waals surface area contributed by atoms with Crippen LogP contribution < -0.4 is 0 Å². The standard InChI is InChI=1S/C11H14N2O2/c1-3-7-13-9-10(8-12-13)5-6-11(14)15-4-2/h8-9H,3-4,7H2,1-2H3. The van der Waals surface area contributed by atoms with E-state index in [9.17, 15) is 4.79 Å². The normalized spacial score (nSPS) is 9.20. The van der Waals surface area contributed by atoms with Gasteiger partial charge in [0.15, 0.2) is 0 Å². The van der Waals surface area contributed by atoms with E-state index in [1.54, 1.807) is 17.8 Å². The highest BCUT2D eigenvalue weighted by atomic mass is 16.5. The van der Waals surface area contributed by atoms with Crippen LogP contribution in [0.1, 0.15) is 25.8 Å². The molecule has 0 radical (unpaired) electrons. The molecule has 4 heteroatoms. The zero-order valence-electron chi connectivity index (χ0n) is 8.99. The number of rotatable bonds is 3. The van der Waals surface area contributed by atoms with Gasteiger partial charge in [-0.25, -0.2) is 4.79 Å². The number of ether oxygens (including phenoxy) is 1. The second-order valence-corrected chi connectivity index (χ2v) is 2.96. The van der Waals surface area contributed by atoms with Crippen molar-refractivity contribution in [3.8, 4) is 11.8 Å². The van der Waals surface area contributed by atoms with E-state index in [0.29, 0.717) is 6.61 Å². The van der Waals surface area contributed by atoms with Crippen molar-refractivity contribution in [3.63, 3.8) is 0 Å². The van der Waals surface area contributed by atoms with Gasteiger partial charge in [0.25, 0.3) is 0 Å². The Kier molecular flexibility index (Phi) is 4.42. The van der Waals surface area contributed by atoms with Crippen molar-refractivity contribution < 1.29 is 9.53 Å². The zero-order valence-corrected chi connectivity index (χ0v) is 8.99. The number of carbonyl (C=O) groups is 1. The average molecular weight is 206 g/mol. The van der Waals surface area contributed by atoms with Crippen molar-refractivity contribution in [2.75, 3.05) is 6.61 Å². The summed E-state index contributed by atoms with van der Waals surface area (Å²) in [7, 11) is 0. The van der Waals surface area contributed by atoms with Crippen LogP contribution in [-0.2, 0) is 16.1 Å². The Hall–Kier alpha value is -1.76. The third kappa shape index (κ3) is 3.86. The fourth-order valence-electron chi connectivity index (χ4n) is 1.07. The molecule has 0 saturated heterocycles. The van der Waals surface area contributed by atoms with Crippen LogP contribution in [0.2, 0.25) is 0 Å². The SMILES string of the molecule is CCCn1cc(C#CC(=O)OCC)cn1. The Morgan fingerprint density at radius 1 is 1.60 bits per heavy atom. The second-order valence-electron chi connectivity index (χ2n) is 2.96. The molecule has 0 fully saturated rings. The van der Waals surface area contributed by atoms with Crippen molar-refractivity contribution in [1.29, 1.82) is 0 Å². The quantitative estimate of drug-likeness (QED) is 0.551. The predicted molar refractivity (Wildman–Crippen MR) is 56.0 cm³/mol. The maximum Gasteiger partial charge on any atom is 0.384 e. The van der Waals surface area contributed by atoms with Crippen LogP contribution in [0.3, 0.4) is 0 Å². The minimum absolute atomic E-state index is 0.350. The molecule has 1 aromatic rings. The van der Waals surface area contributed by atoms with Crippen LogP contribution >= 0.6 is 0 Å². The number of hydrogen-bond donors (Lipinski definition) is 0. The first-order valence-corrected chi connectivity index (χ1v) is 4.97. The van der Waals surface area contributed by atoms with Crippen LogP contribution in [0.4, 0.5) is 0 Å². The summed E-state index contributed by atoms with van der Waals surface area (Å²) in [6.45, 7) is 5.04. The molecular formula is C11H14N2O2. The summed E-state index contributed by atoms with van der Waals surface area (Å²) < 4.78 is 6.48. The van der Waals surface area contributed by atoms with Gasteiger partial charge in [0.1, 0.15) is 0 Å². The van der Waals surface area contributed by atoms with Crippen LogP contribution in [0.5, 0.6) is 0 Å². The first-order valence-electron chi connectivity index (χ1n) is 4.97. The highest BCUT2D eigenvalue weighted by Gasteiger charge is 1.96. The van der Waals surface area contributed by atoms with E-state index in [1.165, 1.54) is 0 Å². The first kappa shape index (κ1) is 11.3. The molecule has 0 aliphatic carbocycles. The van der Waals surface area contributed by atoms with Gasteiger partial charge in [0.2, 0.25) is 0 Å². The molecule has 0 atom stereocenters. The number of esters is 1. The van der Waals surface area contributed by atoms with Gasteiger partial charge in [0, 0.05) is 18.7 Å². The van der Waals surface area contributed by atoms with Crippen LogP contribution in [0.25, 0.3) is 0 Å². The van der Waals surface area contributed by atoms with Gasteiger partial charge >= 0.3 is 5.97 Å². The summed E-state index contributed by atoms with van der Waals surface area (Å²) in [5.74, 6) is 4.59. The molecule has 4 nitrogen and oxygen atoms in total. The predicted octanol–water partition coefficient (Wildman–Crippen LogP) is 1.21. The van der Waals surface area contributed by atoms with Gasteiger partial charge in [-0.15, -0.1) is 0 Å². The highest BCUT2D eigenvalue weighted by molar-refractivity contribution is 5.89. The minimum Gasteiger partial charge on any atom is -0.456 e. The smallest absolute Gasteiger partial charge is 0.384 e. The lowest BCUT2D eigenvalue weighted by molar-refractivity contribution is -0.136. The van der Waals surface area contributed by atoms with E-state index in [1.807, 2.05) is 6.20 Å². The van der Waals surface area contributed by atoms with Crippen molar-refractivity contribution in [3.05, 3.63) is 18.0 Å². The number of carbonyl (C=O) groups excluding carboxylic acids is 1. The summed E-state index contributed by atoms with van der Waals surface area (Å²) in [5, 5.41) is 4.09. The second kappa shape index (κ2) is 5.86. The lowest BCUT2D eigenvalue weighted by Crippen LogP contribution is -1.99. The summed E-state index contributed by atoms with van der Waals surface area (Å²) in [5.41, 5.74) is 0.733. The molecule has 0 aromatic carbocycles. The van der Waals surface area contributed by atoms with E-state index < -0.39 is 5.97 Å². The molecule has 1 heterocycles. The Morgan fingerprint density at radius 2 is 2.40 bits per heavy atom. The topological polar surface area (TPSA) is 44.1 Å². The van der Waals surface area contributed by atoms with Gasteiger partial charge in [0.05, 0.1) is 18.4 Å². The third-order valence-electron chi connectivity index (χ3n) is 1.67. The highest BCUT2D eigenvalue weighted by Crippen LogP contribution is 1.96. The fourth-order valence-corrected chi connectivity index (χ4v) is 1.07. The fraction of sp³-hybridized carbons (Fsp3) is 0.455. The zero-order chi connectivity index (χ0) is 11.1. The summed E-state index contributed by atoms with van der Waals surface area (Å²) in [6, 6.07) is 0. The lowest BCUT2D eigenvalue weighted by Gasteiger charge is -1.93. The van der Waals surface area contributed by atoms with Gasteiger partial charge in [-0.3, -0.25) is 4.68 Å². The Morgan fingerprint density at radius 3 is 3.07 bits per heavy atom. The summed E-state index contributed by atoms with van der Waals surface area (Å²) in [6.07, 6.45) is 4.48. The summed E-state index contributed by atoms with van der Waals surface area (Å²) in [4.78, 5) is 10.9. The number of aryl methyl sites for hydroxylation is 1. The molecule has 0 amide bonds. The minimum atomic E-state index is -0.499. The number of hydrogen-bond acceptors (Lipinski definition) is 3. The molecule has 0 aliphatic rings. The Labute approximate surface area is 89.2 Å². The van der Waals surface area contributed by atoms with E-state index in [-0.39, 0.29) is 0 Å². The molecule has 1 aromatic heterocycles. The van der Waals surface area contributed by atoms with Crippen molar-refractivity contribution in [1.82, 2.24) is 9.78 Å². The number of nitrogens with zero attached hydrogens (tertiary/aromatic N) is 2. The Balaban J connectivity index is 2.59. The molecule has 0 bridgehead atoms. The van der Waals surface area contributed by atoms with Gasteiger partial charge in [-0.2, -0.15) is 5.10 Å². The maximum absolute atomic E-state index is 10.9. The van der Waals surface area contributed by atoms with Gasteiger partial charge in [-0.1, -0.05) is 12.8 Å². The lowest BCUT2D eigenvalue weighted by atomic mass is 10.3. The van der Waals surface area contributed by atoms with E-state index >= 15 is 0 Å². The van der Waals surface area contributed by atoms with Crippen LogP contribution in [0, 0.1) is 11.8 Å². The molecule has 1 rings (SSSR count). The molecule has 0 spiro atoms. The van der Waals surface area contributed by atoms with Crippen LogP contribution in [-0.4, -0.2) is 22.4 Å². The van der Waals surface area contributed by atoms with Crippen molar-refractivity contribution in [2.45, 2.75) is 26.8 Å². The molecule has 0 unspecified atom stereocenters. The average Bonchev–Trinajstić information content (AvgIpc) is 2.64. The van der Waals surface area contributed by atoms with Crippen molar-refractivity contribution >= 4 is 5.97 Å². The molecule has 0 saturated carbocycles. The monoisotopic (exact) mass is 206 g/mol. The maximum atomic E-state index is 10.9. The Bertz CT molecular complexity index is 385. The van der Waals surface area contributed by atoms with E-state index in [0.717, 1.165) is 18.5 Å². The molecule has 0 aliphatic heterocycles. The number of aromatic nitrogens is 2. The molecule has 0 N–H and O–H groups in total. The summed E-state index contributed by atoms with van der Waals surface area (Å²) >= 11 is 0. The first-order chi connectivity index (χ1) is 7.26.